The maximum absolute atomic E-state index is 10.6. The van der Waals surface area contributed by atoms with E-state index in [4.69, 9.17) is 14.8 Å². The maximum atomic E-state index is 10.6. The van der Waals surface area contributed by atoms with Crippen LogP contribution in [0.15, 0.2) is 6.08 Å². The summed E-state index contributed by atoms with van der Waals surface area (Å²) in [5, 5.41) is 9.74. The van der Waals surface area contributed by atoms with E-state index in [0.717, 1.165) is 42.0 Å². The molecule has 1 aliphatic carbocycles. The van der Waals surface area contributed by atoms with Crippen LogP contribution in [0.1, 0.15) is 29.3 Å². The number of thiazole rings is 1. The first-order chi connectivity index (χ1) is 9.24. The molecular formula is C13H16N2O3S. The summed E-state index contributed by atoms with van der Waals surface area (Å²) in [7, 11) is 0. The van der Waals surface area contributed by atoms with Crippen LogP contribution in [0, 0.1) is 0 Å². The first kappa shape index (κ1) is 12.6. The smallest absolute Gasteiger partial charge is 0.328 e. The molecule has 0 unspecified atom stereocenters. The first-order valence-corrected chi connectivity index (χ1v) is 7.30. The lowest BCUT2D eigenvalue weighted by atomic mass is 10.2. The van der Waals surface area contributed by atoms with Gasteiger partial charge in [-0.05, 0) is 18.9 Å². The Balaban J connectivity index is 1.85. The fourth-order valence-corrected chi connectivity index (χ4v) is 3.24. The molecule has 2 aliphatic rings. The standard InChI is InChI=1S/C13H16N2O3S/c16-11(17)4-3-10-12(9-1-2-9)14-13(19-10)15-5-7-18-8-6-15/h3-4,9H,1-2,5-8H2,(H,16,17)/b4-3+. The van der Waals surface area contributed by atoms with Gasteiger partial charge in [0.25, 0.3) is 0 Å². The number of rotatable bonds is 4. The van der Waals surface area contributed by atoms with E-state index >= 15 is 0 Å². The summed E-state index contributed by atoms with van der Waals surface area (Å²) in [5.41, 5.74) is 1.07. The Kier molecular flexibility index (Phi) is 3.52. The molecular weight excluding hydrogens is 264 g/mol. The summed E-state index contributed by atoms with van der Waals surface area (Å²) in [6.07, 6.45) is 5.21. The minimum atomic E-state index is -0.914. The van der Waals surface area contributed by atoms with Gasteiger partial charge >= 0.3 is 5.97 Å². The van der Waals surface area contributed by atoms with Gasteiger partial charge in [0.15, 0.2) is 5.13 Å². The topological polar surface area (TPSA) is 62.7 Å². The lowest BCUT2D eigenvalue weighted by Gasteiger charge is -2.26. The summed E-state index contributed by atoms with van der Waals surface area (Å²) < 4.78 is 5.34. The molecule has 0 amide bonds. The second-order valence-corrected chi connectivity index (χ2v) is 5.80. The van der Waals surface area contributed by atoms with Crippen molar-refractivity contribution in [2.75, 3.05) is 31.2 Å². The molecule has 2 heterocycles. The van der Waals surface area contributed by atoms with Gasteiger partial charge in [0.05, 0.1) is 23.8 Å². The van der Waals surface area contributed by atoms with Crippen LogP contribution in [0.5, 0.6) is 0 Å². The molecule has 1 N–H and O–H groups in total. The van der Waals surface area contributed by atoms with E-state index in [1.807, 2.05) is 0 Å². The molecule has 0 atom stereocenters. The third-order valence-electron chi connectivity index (χ3n) is 3.29. The highest BCUT2D eigenvalue weighted by Crippen LogP contribution is 2.44. The number of morpholine rings is 1. The molecule has 102 valence electrons. The van der Waals surface area contributed by atoms with Gasteiger partial charge in [-0.25, -0.2) is 9.78 Å². The quantitative estimate of drug-likeness (QED) is 0.854. The Morgan fingerprint density at radius 3 is 2.79 bits per heavy atom. The van der Waals surface area contributed by atoms with Crippen LogP contribution in [0.25, 0.3) is 6.08 Å². The monoisotopic (exact) mass is 280 g/mol. The molecule has 0 bridgehead atoms. The van der Waals surface area contributed by atoms with Gasteiger partial charge in [-0.2, -0.15) is 0 Å². The lowest BCUT2D eigenvalue weighted by Crippen LogP contribution is -2.36. The van der Waals surface area contributed by atoms with Crippen LogP contribution in [0.2, 0.25) is 0 Å². The van der Waals surface area contributed by atoms with Crippen molar-refractivity contribution in [1.29, 1.82) is 0 Å². The molecule has 3 rings (SSSR count). The molecule has 6 heteroatoms. The van der Waals surface area contributed by atoms with E-state index in [0.29, 0.717) is 5.92 Å². The second kappa shape index (κ2) is 5.30. The maximum Gasteiger partial charge on any atom is 0.328 e. The summed E-state index contributed by atoms with van der Waals surface area (Å²) in [5.74, 6) is -0.387. The highest BCUT2D eigenvalue weighted by Gasteiger charge is 2.30. The van der Waals surface area contributed by atoms with Crippen LogP contribution in [-0.4, -0.2) is 42.4 Å². The van der Waals surface area contributed by atoms with E-state index in [2.05, 4.69) is 4.90 Å². The number of ether oxygens (including phenoxy) is 1. The van der Waals surface area contributed by atoms with Crippen molar-refractivity contribution in [3.05, 3.63) is 16.6 Å². The summed E-state index contributed by atoms with van der Waals surface area (Å²) >= 11 is 1.59. The molecule has 1 aromatic rings. The van der Waals surface area contributed by atoms with Crippen molar-refractivity contribution in [3.8, 4) is 0 Å². The highest BCUT2D eigenvalue weighted by molar-refractivity contribution is 7.16. The average Bonchev–Trinajstić information content (AvgIpc) is 3.17. The first-order valence-electron chi connectivity index (χ1n) is 6.48. The van der Waals surface area contributed by atoms with Crippen LogP contribution >= 0.6 is 11.3 Å². The summed E-state index contributed by atoms with van der Waals surface area (Å²) in [6, 6.07) is 0. The van der Waals surface area contributed by atoms with E-state index in [-0.39, 0.29) is 0 Å². The number of hydrogen-bond acceptors (Lipinski definition) is 5. The van der Waals surface area contributed by atoms with Crippen molar-refractivity contribution in [3.63, 3.8) is 0 Å². The number of carboxylic acid groups (broad SMARTS) is 1. The van der Waals surface area contributed by atoms with Crippen molar-refractivity contribution >= 4 is 28.5 Å². The minimum Gasteiger partial charge on any atom is -0.478 e. The molecule has 1 aromatic heterocycles. The number of nitrogens with zero attached hydrogens (tertiary/aromatic N) is 2. The lowest BCUT2D eigenvalue weighted by molar-refractivity contribution is -0.131. The van der Waals surface area contributed by atoms with Crippen molar-refractivity contribution in [1.82, 2.24) is 4.98 Å². The molecule has 19 heavy (non-hydrogen) atoms. The van der Waals surface area contributed by atoms with E-state index in [1.165, 1.54) is 18.9 Å². The number of aliphatic carboxylic acids is 1. The Morgan fingerprint density at radius 2 is 2.16 bits per heavy atom. The SMILES string of the molecule is O=C(O)/C=C/c1sc(N2CCOCC2)nc1C1CC1. The average molecular weight is 280 g/mol. The number of carboxylic acids is 1. The number of aromatic nitrogens is 1. The number of hydrogen-bond donors (Lipinski definition) is 1. The molecule has 0 radical (unpaired) electrons. The van der Waals surface area contributed by atoms with Crippen LogP contribution < -0.4 is 4.90 Å². The largest absolute Gasteiger partial charge is 0.478 e. The summed E-state index contributed by atoms with van der Waals surface area (Å²) in [6.45, 7) is 3.19. The molecule has 1 aliphatic heterocycles. The predicted octanol–water partition coefficient (Wildman–Crippen LogP) is 1.95. The van der Waals surface area contributed by atoms with Gasteiger partial charge < -0.3 is 14.7 Å². The van der Waals surface area contributed by atoms with Gasteiger partial charge in [0, 0.05) is 25.1 Å². The number of anilines is 1. The van der Waals surface area contributed by atoms with E-state index < -0.39 is 5.97 Å². The Bertz CT molecular complexity index is 502. The summed E-state index contributed by atoms with van der Waals surface area (Å²) in [4.78, 5) is 18.6. The second-order valence-electron chi connectivity index (χ2n) is 4.79. The molecule has 2 fully saturated rings. The molecule has 0 aromatic carbocycles. The van der Waals surface area contributed by atoms with Gasteiger partial charge in [-0.15, -0.1) is 0 Å². The molecule has 1 saturated carbocycles. The Morgan fingerprint density at radius 1 is 1.42 bits per heavy atom. The molecule has 5 nitrogen and oxygen atoms in total. The fraction of sp³-hybridized carbons (Fsp3) is 0.538. The fourth-order valence-electron chi connectivity index (χ4n) is 2.14. The highest BCUT2D eigenvalue weighted by atomic mass is 32.1. The van der Waals surface area contributed by atoms with Gasteiger partial charge in [-0.1, -0.05) is 11.3 Å². The zero-order valence-corrected chi connectivity index (χ0v) is 11.4. The predicted molar refractivity (Wildman–Crippen MR) is 73.8 cm³/mol. The zero-order chi connectivity index (χ0) is 13.2. The van der Waals surface area contributed by atoms with Crippen LogP contribution in [-0.2, 0) is 9.53 Å². The Hall–Kier alpha value is -1.40. The number of carbonyl (C=O) groups is 1. The zero-order valence-electron chi connectivity index (χ0n) is 10.5. The minimum absolute atomic E-state index is 0.527. The third kappa shape index (κ3) is 2.96. The molecule has 0 spiro atoms. The Labute approximate surface area is 115 Å². The van der Waals surface area contributed by atoms with Crippen LogP contribution in [0.3, 0.4) is 0 Å². The van der Waals surface area contributed by atoms with Gasteiger partial charge in [0.1, 0.15) is 0 Å². The molecule has 1 saturated heterocycles. The van der Waals surface area contributed by atoms with Gasteiger partial charge in [-0.3, -0.25) is 0 Å². The van der Waals surface area contributed by atoms with E-state index in [9.17, 15) is 4.79 Å². The third-order valence-corrected chi connectivity index (χ3v) is 4.39. The van der Waals surface area contributed by atoms with E-state index in [1.54, 1.807) is 17.4 Å². The van der Waals surface area contributed by atoms with Gasteiger partial charge in [0.2, 0.25) is 0 Å². The van der Waals surface area contributed by atoms with Crippen LogP contribution in [0.4, 0.5) is 5.13 Å². The van der Waals surface area contributed by atoms with Crippen molar-refractivity contribution in [2.45, 2.75) is 18.8 Å². The normalized spacial score (nSPS) is 20.1. The van der Waals surface area contributed by atoms with Crippen molar-refractivity contribution < 1.29 is 14.6 Å². The van der Waals surface area contributed by atoms with Crippen molar-refractivity contribution in [2.24, 2.45) is 0 Å².